The molecule has 0 saturated carbocycles. The fourth-order valence-electron chi connectivity index (χ4n) is 2.29. The van der Waals surface area contributed by atoms with Gasteiger partial charge in [0.15, 0.2) is 6.61 Å². The lowest BCUT2D eigenvalue weighted by Crippen LogP contribution is -2.21. The van der Waals surface area contributed by atoms with E-state index in [4.69, 9.17) is 4.74 Å². The zero-order chi connectivity index (χ0) is 17.5. The maximum atomic E-state index is 12.0. The van der Waals surface area contributed by atoms with Crippen molar-refractivity contribution >= 4 is 17.6 Å². The Balaban J connectivity index is 1.96. The van der Waals surface area contributed by atoms with Crippen LogP contribution in [0.1, 0.15) is 42.1 Å². The third-order valence-corrected chi connectivity index (χ3v) is 3.79. The van der Waals surface area contributed by atoms with Crippen molar-refractivity contribution in [2.24, 2.45) is 0 Å². The van der Waals surface area contributed by atoms with Crippen LogP contribution in [0.15, 0.2) is 48.5 Å². The largest absolute Gasteiger partial charge is 0.508 e. The highest BCUT2D eigenvalue weighted by molar-refractivity contribution is 5.96. The molecule has 126 valence electrons. The quantitative estimate of drug-likeness (QED) is 0.793. The van der Waals surface area contributed by atoms with Crippen LogP contribution in [0.5, 0.6) is 5.75 Å². The summed E-state index contributed by atoms with van der Waals surface area (Å²) in [6.45, 7) is 3.79. The molecule has 5 heteroatoms. The van der Waals surface area contributed by atoms with E-state index in [0.29, 0.717) is 5.92 Å². The highest BCUT2D eigenvalue weighted by atomic mass is 16.5. The van der Waals surface area contributed by atoms with Crippen LogP contribution >= 0.6 is 0 Å². The van der Waals surface area contributed by atoms with Crippen LogP contribution in [-0.2, 0) is 9.53 Å². The summed E-state index contributed by atoms with van der Waals surface area (Å²) in [4.78, 5) is 23.9. The first-order valence-electron chi connectivity index (χ1n) is 7.86. The minimum atomic E-state index is -0.656. The number of carbonyl (C=O) groups is 2. The number of aromatic hydroxyl groups is 1. The smallest absolute Gasteiger partial charge is 0.338 e. The Morgan fingerprint density at radius 2 is 1.92 bits per heavy atom. The van der Waals surface area contributed by atoms with E-state index >= 15 is 0 Å². The fourth-order valence-corrected chi connectivity index (χ4v) is 2.29. The SMILES string of the molecule is CC[C@H](C)c1ccccc1NC(=O)COC(=O)c1cccc(O)c1. The standard InChI is InChI=1S/C19H21NO4/c1-3-13(2)16-9-4-5-10-17(16)20-18(22)12-24-19(23)14-7-6-8-15(21)11-14/h4-11,13,21H,3,12H2,1-2H3,(H,20,22)/t13-/m0/s1. The minimum absolute atomic E-state index is 0.0311. The van der Waals surface area contributed by atoms with E-state index in [0.717, 1.165) is 17.7 Å². The Hall–Kier alpha value is -2.82. The van der Waals surface area contributed by atoms with Crippen LogP contribution in [0.25, 0.3) is 0 Å². The number of phenolic OH excluding ortho intramolecular Hbond substituents is 1. The van der Waals surface area contributed by atoms with Crippen molar-refractivity contribution in [3.05, 3.63) is 59.7 Å². The Kier molecular flexibility index (Phi) is 5.95. The third-order valence-electron chi connectivity index (χ3n) is 3.79. The number of para-hydroxylation sites is 1. The molecule has 0 unspecified atom stereocenters. The van der Waals surface area contributed by atoms with Crippen molar-refractivity contribution in [1.82, 2.24) is 0 Å². The van der Waals surface area contributed by atoms with Gasteiger partial charge in [0, 0.05) is 5.69 Å². The third kappa shape index (κ3) is 4.59. The lowest BCUT2D eigenvalue weighted by atomic mass is 9.97. The molecule has 2 N–H and O–H groups in total. The number of anilines is 1. The number of benzene rings is 2. The van der Waals surface area contributed by atoms with E-state index in [1.165, 1.54) is 24.3 Å². The summed E-state index contributed by atoms with van der Waals surface area (Å²) >= 11 is 0. The van der Waals surface area contributed by atoms with Crippen molar-refractivity contribution in [3.63, 3.8) is 0 Å². The van der Waals surface area contributed by atoms with Gasteiger partial charge in [-0.2, -0.15) is 0 Å². The van der Waals surface area contributed by atoms with E-state index in [-0.39, 0.29) is 17.9 Å². The molecule has 0 fully saturated rings. The molecule has 0 aliphatic heterocycles. The number of phenols is 1. The van der Waals surface area contributed by atoms with Crippen molar-refractivity contribution in [2.75, 3.05) is 11.9 Å². The lowest BCUT2D eigenvalue weighted by molar-refractivity contribution is -0.119. The Labute approximate surface area is 141 Å². The molecule has 2 rings (SSSR count). The molecule has 5 nitrogen and oxygen atoms in total. The second-order valence-electron chi connectivity index (χ2n) is 5.57. The van der Waals surface area contributed by atoms with Crippen LogP contribution in [0.4, 0.5) is 5.69 Å². The molecule has 0 bridgehead atoms. The van der Waals surface area contributed by atoms with Gasteiger partial charge in [0.1, 0.15) is 5.75 Å². The molecule has 24 heavy (non-hydrogen) atoms. The number of hydrogen-bond acceptors (Lipinski definition) is 4. The van der Waals surface area contributed by atoms with Gasteiger partial charge >= 0.3 is 5.97 Å². The predicted octanol–water partition coefficient (Wildman–Crippen LogP) is 3.70. The number of nitrogens with one attached hydrogen (secondary N) is 1. The molecule has 0 spiro atoms. The number of esters is 1. The number of amides is 1. The number of carbonyl (C=O) groups excluding carboxylic acids is 2. The zero-order valence-corrected chi connectivity index (χ0v) is 13.8. The van der Waals surface area contributed by atoms with Crippen molar-refractivity contribution in [2.45, 2.75) is 26.2 Å². The topological polar surface area (TPSA) is 75.6 Å². The lowest BCUT2D eigenvalue weighted by Gasteiger charge is -2.15. The molecule has 0 heterocycles. The summed E-state index contributed by atoms with van der Waals surface area (Å²) in [5, 5.41) is 12.1. The fraction of sp³-hybridized carbons (Fsp3) is 0.263. The van der Waals surface area contributed by atoms with Crippen LogP contribution < -0.4 is 5.32 Å². The molecule has 2 aromatic rings. The van der Waals surface area contributed by atoms with Crippen molar-refractivity contribution < 1.29 is 19.4 Å². The normalized spacial score (nSPS) is 11.6. The van der Waals surface area contributed by atoms with E-state index < -0.39 is 11.9 Å². The van der Waals surface area contributed by atoms with E-state index in [9.17, 15) is 14.7 Å². The maximum Gasteiger partial charge on any atom is 0.338 e. The molecular formula is C19H21NO4. The van der Waals surface area contributed by atoms with Crippen LogP contribution in [0.3, 0.4) is 0 Å². The maximum absolute atomic E-state index is 12.0. The summed E-state index contributed by atoms with van der Waals surface area (Å²) in [5.41, 5.74) is 1.97. The van der Waals surface area contributed by atoms with Gasteiger partial charge in [-0.25, -0.2) is 4.79 Å². The number of rotatable bonds is 6. The first kappa shape index (κ1) is 17.5. The van der Waals surface area contributed by atoms with E-state index in [2.05, 4.69) is 19.2 Å². The minimum Gasteiger partial charge on any atom is -0.508 e. The van der Waals surface area contributed by atoms with E-state index in [1.807, 2.05) is 24.3 Å². The van der Waals surface area contributed by atoms with Gasteiger partial charge in [-0.3, -0.25) is 4.79 Å². The highest BCUT2D eigenvalue weighted by Crippen LogP contribution is 2.26. The summed E-state index contributed by atoms with van der Waals surface area (Å²) in [5.74, 6) is -0.775. The van der Waals surface area contributed by atoms with Gasteiger partial charge in [-0.1, -0.05) is 38.1 Å². The highest BCUT2D eigenvalue weighted by Gasteiger charge is 2.13. The number of ether oxygens (including phenoxy) is 1. The molecule has 1 atom stereocenters. The second-order valence-corrected chi connectivity index (χ2v) is 5.57. The average Bonchev–Trinajstić information content (AvgIpc) is 2.59. The van der Waals surface area contributed by atoms with Crippen LogP contribution in [0, 0.1) is 0 Å². The number of hydrogen-bond donors (Lipinski definition) is 2. The van der Waals surface area contributed by atoms with Crippen LogP contribution in [-0.4, -0.2) is 23.6 Å². The van der Waals surface area contributed by atoms with Gasteiger partial charge < -0.3 is 15.2 Å². The first-order valence-corrected chi connectivity index (χ1v) is 7.86. The molecule has 2 aromatic carbocycles. The molecule has 0 radical (unpaired) electrons. The Morgan fingerprint density at radius 3 is 2.62 bits per heavy atom. The summed E-state index contributed by atoms with van der Waals surface area (Å²) in [7, 11) is 0. The summed E-state index contributed by atoms with van der Waals surface area (Å²) in [6, 6.07) is 13.4. The zero-order valence-electron chi connectivity index (χ0n) is 13.8. The van der Waals surface area contributed by atoms with E-state index in [1.54, 1.807) is 0 Å². The molecular weight excluding hydrogens is 306 g/mol. The molecule has 0 saturated heterocycles. The van der Waals surface area contributed by atoms with Crippen LogP contribution in [0.2, 0.25) is 0 Å². The predicted molar refractivity (Wildman–Crippen MR) is 92.2 cm³/mol. The Morgan fingerprint density at radius 1 is 1.17 bits per heavy atom. The van der Waals surface area contributed by atoms with Gasteiger partial charge in [0.25, 0.3) is 5.91 Å². The van der Waals surface area contributed by atoms with Crippen molar-refractivity contribution in [3.8, 4) is 5.75 Å². The average molecular weight is 327 g/mol. The summed E-state index contributed by atoms with van der Waals surface area (Å²) in [6.07, 6.45) is 0.958. The van der Waals surface area contributed by atoms with Gasteiger partial charge in [-0.05, 0) is 42.2 Å². The molecule has 0 aliphatic carbocycles. The Bertz CT molecular complexity index is 727. The second kappa shape index (κ2) is 8.15. The molecule has 1 amide bonds. The van der Waals surface area contributed by atoms with Gasteiger partial charge in [0.2, 0.25) is 0 Å². The molecule has 0 aromatic heterocycles. The van der Waals surface area contributed by atoms with Gasteiger partial charge in [-0.15, -0.1) is 0 Å². The monoisotopic (exact) mass is 327 g/mol. The van der Waals surface area contributed by atoms with Gasteiger partial charge in [0.05, 0.1) is 5.56 Å². The van der Waals surface area contributed by atoms with Crippen molar-refractivity contribution in [1.29, 1.82) is 0 Å². The summed E-state index contributed by atoms with van der Waals surface area (Å²) < 4.78 is 4.98. The molecule has 0 aliphatic rings. The first-order chi connectivity index (χ1) is 11.5.